The molecule has 2 N–H and O–H groups in total. The molecule has 18 heavy (non-hydrogen) atoms. The average molecular weight is 243 g/mol. The van der Waals surface area contributed by atoms with Gasteiger partial charge in [0.05, 0.1) is 5.41 Å². The standard InChI is InChI=1S/C15H17NO2/c1-16-10-3-2-5-12-6-4-7-13(11-12)15(8-9-15)14(17)18/h4,6-7,11,16H,3,8-10H2,1H3,(H,17,18). The van der Waals surface area contributed by atoms with Gasteiger partial charge in [-0.15, -0.1) is 0 Å². The number of carboxylic acid groups (broad SMARTS) is 1. The van der Waals surface area contributed by atoms with Crippen molar-refractivity contribution in [3.63, 3.8) is 0 Å². The zero-order chi connectivity index (χ0) is 13.0. The van der Waals surface area contributed by atoms with E-state index in [0.29, 0.717) is 0 Å². The Morgan fingerprint density at radius 1 is 1.50 bits per heavy atom. The van der Waals surface area contributed by atoms with E-state index in [4.69, 9.17) is 0 Å². The minimum Gasteiger partial charge on any atom is -0.481 e. The van der Waals surface area contributed by atoms with Crippen molar-refractivity contribution in [3.05, 3.63) is 35.4 Å². The number of benzene rings is 1. The summed E-state index contributed by atoms with van der Waals surface area (Å²) >= 11 is 0. The van der Waals surface area contributed by atoms with Gasteiger partial charge in [0, 0.05) is 18.5 Å². The molecule has 1 aliphatic carbocycles. The first-order chi connectivity index (χ1) is 8.69. The summed E-state index contributed by atoms with van der Waals surface area (Å²) in [6, 6.07) is 7.61. The van der Waals surface area contributed by atoms with Crippen LogP contribution in [-0.2, 0) is 10.2 Å². The molecule has 0 saturated heterocycles. The van der Waals surface area contributed by atoms with Crippen LogP contribution in [0.1, 0.15) is 30.4 Å². The highest BCUT2D eigenvalue weighted by molar-refractivity contribution is 5.85. The van der Waals surface area contributed by atoms with Gasteiger partial charge < -0.3 is 10.4 Å². The van der Waals surface area contributed by atoms with Crippen LogP contribution in [0.25, 0.3) is 0 Å². The Balaban J connectivity index is 2.15. The molecule has 0 spiro atoms. The molecule has 1 fully saturated rings. The van der Waals surface area contributed by atoms with Crippen molar-refractivity contribution in [2.75, 3.05) is 13.6 Å². The summed E-state index contributed by atoms with van der Waals surface area (Å²) in [6.45, 7) is 0.867. The fourth-order valence-electron chi connectivity index (χ4n) is 2.00. The summed E-state index contributed by atoms with van der Waals surface area (Å²) in [4.78, 5) is 11.3. The molecular weight excluding hydrogens is 226 g/mol. The highest BCUT2D eigenvalue weighted by atomic mass is 16.4. The van der Waals surface area contributed by atoms with Gasteiger partial charge in [-0.05, 0) is 37.6 Å². The molecular formula is C15H17NO2. The molecule has 3 nitrogen and oxygen atoms in total. The molecule has 1 aliphatic rings. The van der Waals surface area contributed by atoms with Gasteiger partial charge in [-0.2, -0.15) is 0 Å². The van der Waals surface area contributed by atoms with Crippen molar-refractivity contribution >= 4 is 5.97 Å². The number of nitrogens with one attached hydrogen (secondary N) is 1. The van der Waals surface area contributed by atoms with Crippen molar-refractivity contribution in [1.82, 2.24) is 5.32 Å². The Hall–Kier alpha value is -1.79. The second kappa shape index (κ2) is 5.24. The van der Waals surface area contributed by atoms with Crippen LogP contribution in [0, 0.1) is 11.8 Å². The topological polar surface area (TPSA) is 49.3 Å². The number of carboxylic acids is 1. The molecule has 0 unspecified atom stereocenters. The molecule has 1 aromatic rings. The maximum atomic E-state index is 11.3. The summed E-state index contributed by atoms with van der Waals surface area (Å²) in [5.41, 5.74) is 1.15. The third kappa shape index (κ3) is 2.55. The third-order valence-electron chi connectivity index (χ3n) is 3.31. The second-order valence-electron chi connectivity index (χ2n) is 4.62. The number of hydrogen-bond acceptors (Lipinski definition) is 2. The normalized spacial score (nSPS) is 15.6. The SMILES string of the molecule is CNCCC#Cc1cccc(C2(C(=O)O)CC2)c1. The van der Waals surface area contributed by atoms with Crippen LogP contribution in [-0.4, -0.2) is 24.7 Å². The molecule has 0 amide bonds. The maximum Gasteiger partial charge on any atom is 0.314 e. The third-order valence-corrected chi connectivity index (χ3v) is 3.31. The van der Waals surface area contributed by atoms with Gasteiger partial charge in [-0.25, -0.2) is 0 Å². The molecule has 0 atom stereocenters. The molecule has 2 rings (SSSR count). The molecule has 0 bridgehead atoms. The van der Waals surface area contributed by atoms with Crippen molar-refractivity contribution < 1.29 is 9.90 Å². The van der Waals surface area contributed by atoms with E-state index in [1.165, 1.54) is 0 Å². The summed E-state index contributed by atoms with van der Waals surface area (Å²) in [5.74, 6) is 5.43. The van der Waals surface area contributed by atoms with E-state index in [2.05, 4.69) is 17.2 Å². The summed E-state index contributed by atoms with van der Waals surface area (Å²) in [5, 5.41) is 12.3. The summed E-state index contributed by atoms with van der Waals surface area (Å²) in [6.07, 6.45) is 2.27. The van der Waals surface area contributed by atoms with E-state index in [-0.39, 0.29) is 0 Å². The lowest BCUT2D eigenvalue weighted by molar-refractivity contribution is -0.140. The smallest absolute Gasteiger partial charge is 0.314 e. The van der Waals surface area contributed by atoms with Crippen LogP contribution < -0.4 is 5.32 Å². The minimum atomic E-state index is -0.720. The number of aliphatic carboxylic acids is 1. The van der Waals surface area contributed by atoms with Gasteiger partial charge in [0.1, 0.15) is 0 Å². The highest BCUT2D eigenvalue weighted by Crippen LogP contribution is 2.48. The second-order valence-corrected chi connectivity index (χ2v) is 4.62. The Kier molecular flexibility index (Phi) is 3.69. The lowest BCUT2D eigenvalue weighted by Crippen LogP contribution is -2.19. The fourth-order valence-corrected chi connectivity index (χ4v) is 2.00. The molecule has 94 valence electrons. The first-order valence-electron chi connectivity index (χ1n) is 6.16. The van der Waals surface area contributed by atoms with Crippen LogP contribution in [0.15, 0.2) is 24.3 Å². The Morgan fingerprint density at radius 2 is 2.28 bits per heavy atom. The van der Waals surface area contributed by atoms with Crippen LogP contribution >= 0.6 is 0 Å². The van der Waals surface area contributed by atoms with Crippen LogP contribution in [0.5, 0.6) is 0 Å². The van der Waals surface area contributed by atoms with Gasteiger partial charge in [0.2, 0.25) is 0 Å². The lowest BCUT2D eigenvalue weighted by Gasteiger charge is -2.09. The van der Waals surface area contributed by atoms with E-state index in [1.807, 2.05) is 31.3 Å². The quantitative estimate of drug-likeness (QED) is 0.626. The van der Waals surface area contributed by atoms with Gasteiger partial charge in [0.15, 0.2) is 0 Å². The fraction of sp³-hybridized carbons (Fsp3) is 0.400. The van der Waals surface area contributed by atoms with Crippen LogP contribution in [0.4, 0.5) is 0 Å². The predicted octanol–water partition coefficient (Wildman–Crippen LogP) is 1.76. The molecule has 0 radical (unpaired) electrons. The number of rotatable bonds is 4. The van der Waals surface area contributed by atoms with Gasteiger partial charge in [-0.3, -0.25) is 4.79 Å². The lowest BCUT2D eigenvalue weighted by atomic mass is 9.94. The molecule has 3 heteroatoms. The number of carbonyl (C=O) groups is 1. The zero-order valence-electron chi connectivity index (χ0n) is 10.5. The van der Waals surface area contributed by atoms with Crippen molar-refractivity contribution in [2.45, 2.75) is 24.7 Å². The van der Waals surface area contributed by atoms with E-state index >= 15 is 0 Å². The Morgan fingerprint density at radius 3 is 2.89 bits per heavy atom. The largest absolute Gasteiger partial charge is 0.481 e. The zero-order valence-corrected chi connectivity index (χ0v) is 10.5. The van der Waals surface area contributed by atoms with Gasteiger partial charge >= 0.3 is 5.97 Å². The van der Waals surface area contributed by atoms with Crippen molar-refractivity contribution in [2.24, 2.45) is 0 Å². The molecule has 1 aromatic carbocycles. The molecule has 0 heterocycles. The van der Waals surface area contributed by atoms with E-state index in [9.17, 15) is 9.90 Å². The summed E-state index contributed by atoms with van der Waals surface area (Å²) in [7, 11) is 1.89. The summed E-state index contributed by atoms with van der Waals surface area (Å²) < 4.78 is 0. The van der Waals surface area contributed by atoms with E-state index < -0.39 is 11.4 Å². The Bertz CT molecular complexity index is 507. The molecule has 0 aromatic heterocycles. The van der Waals surface area contributed by atoms with Crippen LogP contribution in [0.3, 0.4) is 0 Å². The van der Waals surface area contributed by atoms with E-state index in [1.54, 1.807) is 0 Å². The highest BCUT2D eigenvalue weighted by Gasteiger charge is 2.51. The monoisotopic (exact) mass is 243 g/mol. The predicted molar refractivity (Wildman–Crippen MR) is 70.4 cm³/mol. The van der Waals surface area contributed by atoms with Crippen molar-refractivity contribution in [3.8, 4) is 11.8 Å². The first-order valence-corrected chi connectivity index (χ1v) is 6.16. The van der Waals surface area contributed by atoms with Crippen LogP contribution in [0.2, 0.25) is 0 Å². The van der Waals surface area contributed by atoms with Gasteiger partial charge in [-0.1, -0.05) is 24.0 Å². The minimum absolute atomic E-state index is 0.636. The first kappa shape index (κ1) is 12.7. The average Bonchev–Trinajstić information content (AvgIpc) is 3.16. The molecule has 0 aliphatic heterocycles. The van der Waals surface area contributed by atoms with E-state index in [0.717, 1.165) is 36.9 Å². The maximum absolute atomic E-state index is 11.3. The number of hydrogen-bond donors (Lipinski definition) is 2. The van der Waals surface area contributed by atoms with Gasteiger partial charge in [0.25, 0.3) is 0 Å². The Labute approximate surface area is 107 Å². The molecule has 1 saturated carbocycles. The van der Waals surface area contributed by atoms with Crippen molar-refractivity contribution in [1.29, 1.82) is 0 Å².